The Bertz CT molecular complexity index is 1220. The van der Waals surface area contributed by atoms with Gasteiger partial charge in [0.05, 0.1) is 80.2 Å². The molecule has 44 heavy (non-hydrogen) atoms. The summed E-state index contributed by atoms with van der Waals surface area (Å²) in [6, 6.07) is 6.64. The molecule has 0 N–H and O–H groups in total. The standard InChI is InChI=1S/C32H42N2O10/c1-37-25-15-21-5-7-33-29(35)19-43-13-11-41-9-10-42-12-14-44-20-30(36)34-8-6-22-16-26(38-2)28(40-4)18-24(22)32(34)31(33)23(21)17-27(25)39-3/h15-18,31-32H,5-14,19-20H2,1-4H3/t31-,32+. The highest BCUT2D eigenvalue weighted by atomic mass is 16.6. The minimum atomic E-state index is -0.561. The summed E-state index contributed by atoms with van der Waals surface area (Å²) in [4.78, 5) is 31.5. The van der Waals surface area contributed by atoms with Crippen molar-refractivity contribution in [3.05, 3.63) is 46.5 Å². The Balaban J connectivity index is 1.65. The molecule has 5 rings (SSSR count). The summed E-state index contributed by atoms with van der Waals surface area (Å²) in [5, 5.41) is 0. The molecule has 0 radical (unpaired) electrons. The molecule has 0 aliphatic carbocycles. The van der Waals surface area contributed by atoms with Gasteiger partial charge >= 0.3 is 0 Å². The van der Waals surface area contributed by atoms with Crippen LogP contribution in [0.3, 0.4) is 0 Å². The smallest absolute Gasteiger partial charge is 0.249 e. The number of ether oxygens (including phenoxy) is 8. The van der Waals surface area contributed by atoms with Crippen molar-refractivity contribution in [3.63, 3.8) is 0 Å². The molecule has 0 aromatic heterocycles. The number of carbonyl (C=O) groups excluding carboxylic acids is 2. The molecule has 0 spiro atoms. The van der Waals surface area contributed by atoms with Crippen molar-refractivity contribution in [1.29, 1.82) is 0 Å². The van der Waals surface area contributed by atoms with Crippen LogP contribution in [0.5, 0.6) is 23.0 Å². The molecule has 2 aromatic carbocycles. The number of benzene rings is 2. The molecule has 1 fully saturated rings. The maximum atomic E-state index is 13.9. The largest absolute Gasteiger partial charge is 0.493 e. The summed E-state index contributed by atoms with van der Waals surface area (Å²) < 4.78 is 45.3. The Kier molecular flexibility index (Phi) is 10.8. The van der Waals surface area contributed by atoms with E-state index < -0.39 is 12.1 Å². The molecule has 2 aromatic rings. The lowest BCUT2D eigenvalue weighted by Crippen LogP contribution is -2.52. The van der Waals surface area contributed by atoms with Crippen molar-refractivity contribution in [2.24, 2.45) is 0 Å². The molecule has 2 atom stereocenters. The third-order valence-corrected chi connectivity index (χ3v) is 8.35. The highest BCUT2D eigenvalue weighted by molar-refractivity contribution is 5.81. The number of hydrogen-bond donors (Lipinski definition) is 0. The predicted octanol–water partition coefficient (Wildman–Crippen LogP) is 2.35. The minimum Gasteiger partial charge on any atom is -0.493 e. The zero-order valence-corrected chi connectivity index (χ0v) is 25.9. The normalized spacial score (nSPS) is 22.0. The SMILES string of the molecule is COc1cc2c(cc1OC)[C@@H]1[C@@H]3c4cc(OC)c(OC)cc4CCN3C(=O)COCCOCCOCCOCC(=O)N1CC2. The van der Waals surface area contributed by atoms with Crippen molar-refractivity contribution in [2.45, 2.75) is 24.9 Å². The molecular weight excluding hydrogens is 572 g/mol. The summed E-state index contributed by atoms with van der Waals surface area (Å²) in [7, 11) is 6.37. The van der Waals surface area contributed by atoms with E-state index in [2.05, 4.69) is 0 Å². The van der Waals surface area contributed by atoms with E-state index >= 15 is 0 Å². The lowest BCUT2D eigenvalue weighted by Gasteiger charge is -2.48. The van der Waals surface area contributed by atoms with Gasteiger partial charge in [0.15, 0.2) is 23.0 Å². The van der Waals surface area contributed by atoms with Crippen LogP contribution in [0, 0.1) is 0 Å². The van der Waals surface area contributed by atoms with E-state index in [9.17, 15) is 9.59 Å². The Morgan fingerprint density at radius 2 is 0.886 bits per heavy atom. The van der Waals surface area contributed by atoms with Crippen LogP contribution in [0.15, 0.2) is 24.3 Å². The lowest BCUT2D eigenvalue weighted by atomic mass is 9.80. The number of methoxy groups -OCH3 is 4. The number of nitrogens with zero attached hydrogens (tertiary/aromatic N) is 2. The third kappa shape index (κ3) is 6.73. The predicted molar refractivity (Wildman–Crippen MR) is 159 cm³/mol. The summed E-state index contributed by atoms with van der Waals surface area (Å²) in [6.45, 7) is 2.63. The maximum Gasteiger partial charge on any atom is 0.249 e. The first-order valence-corrected chi connectivity index (χ1v) is 14.9. The second-order valence-corrected chi connectivity index (χ2v) is 10.7. The first kappa shape index (κ1) is 31.8. The van der Waals surface area contributed by atoms with Crippen LogP contribution in [0.25, 0.3) is 0 Å². The van der Waals surface area contributed by atoms with E-state index in [4.69, 9.17) is 37.9 Å². The maximum absolute atomic E-state index is 13.9. The molecule has 3 aliphatic heterocycles. The number of carbonyl (C=O) groups is 2. The van der Waals surface area contributed by atoms with E-state index in [-0.39, 0.29) is 38.2 Å². The van der Waals surface area contributed by atoms with Crippen molar-refractivity contribution < 1.29 is 47.5 Å². The van der Waals surface area contributed by atoms with Gasteiger partial charge in [0, 0.05) is 13.1 Å². The van der Waals surface area contributed by atoms with E-state index in [1.165, 1.54) is 0 Å². The highest BCUT2D eigenvalue weighted by Gasteiger charge is 2.44. The van der Waals surface area contributed by atoms with Crippen LogP contribution >= 0.6 is 0 Å². The minimum absolute atomic E-state index is 0.123. The summed E-state index contributed by atoms with van der Waals surface area (Å²) in [5.41, 5.74) is 3.78. The monoisotopic (exact) mass is 614 g/mol. The second kappa shape index (κ2) is 14.9. The fourth-order valence-electron chi connectivity index (χ4n) is 6.24. The molecule has 3 heterocycles. The van der Waals surface area contributed by atoms with Gasteiger partial charge in [-0.05, 0) is 59.4 Å². The average molecular weight is 615 g/mol. The topological polar surface area (TPSA) is 114 Å². The molecule has 3 aliphatic rings. The molecule has 0 bridgehead atoms. The van der Waals surface area contributed by atoms with Crippen LogP contribution in [-0.2, 0) is 41.4 Å². The summed E-state index contributed by atoms with van der Waals surface area (Å²) >= 11 is 0. The molecule has 2 amide bonds. The van der Waals surface area contributed by atoms with Crippen molar-refractivity contribution in [2.75, 3.05) is 94.4 Å². The van der Waals surface area contributed by atoms with E-state index in [1.807, 2.05) is 34.1 Å². The van der Waals surface area contributed by atoms with Crippen LogP contribution < -0.4 is 18.9 Å². The Morgan fingerprint density at radius 3 is 1.25 bits per heavy atom. The van der Waals surface area contributed by atoms with Crippen LogP contribution in [0.1, 0.15) is 34.3 Å². The lowest BCUT2D eigenvalue weighted by molar-refractivity contribution is -0.148. The molecule has 0 unspecified atom stereocenters. The number of rotatable bonds is 4. The van der Waals surface area contributed by atoms with Gasteiger partial charge in [-0.15, -0.1) is 0 Å². The van der Waals surface area contributed by atoms with Gasteiger partial charge in [-0.3, -0.25) is 9.59 Å². The van der Waals surface area contributed by atoms with Crippen molar-refractivity contribution >= 4 is 11.8 Å². The summed E-state index contributed by atoms with van der Waals surface area (Å²) in [5.74, 6) is 1.92. The summed E-state index contributed by atoms with van der Waals surface area (Å²) in [6.07, 6.45) is 1.20. The zero-order valence-electron chi connectivity index (χ0n) is 25.9. The first-order valence-electron chi connectivity index (χ1n) is 14.9. The van der Waals surface area contributed by atoms with Gasteiger partial charge in [0.2, 0.25) is 11.8 Å². The highest BCUT2D eigenvalue weighted by Crippen LogP contribution is 2.49. The third-order valence-electron chi connectivity index (χ3n) is 8.35. The number of hydrogen-bond acceptors (Lipinski definition) is 10. The molecule has 12 heteroatoms. The molecule has 1 saturated heterocycles. The van der Waals surface area contributed by atoms with Crippen molar-refractivity contribution in [3.8, 4) is 23.0 Å². The quantitative estimate of drug-likeness (QED) is 0.509. The molecule has 12 nitrogen and oxygen atoms in total. The fraction of sp³-hybridized carbons (Fsp3) is 0.562. The second-order valence-electron chi connectivity index (χ2n) is 10.7. The number of amides is 2. The van der Waals surface area contributed by atoms with E-state index in [0.717, 1.165) is 22.3 Å². The van der Waals surface area contributed by atoms with Gasteiger partial charge in [-0.2, -0.15) is 0 Å². The average Bonchev–Trinajstić information content (AvgIpc) is 3.05. The zero-order chi connectivity index (χ0) is 31.1. The van der Waals surface area contributed by atoms with E-state index in [1.54, 1.807) is 28.4 Å². The Morgan fingerprint density at radius 1 is 0.545 bits per heavy atom. The molecule has 0 saturated carbocycles. The van der Waals surface area contributed by atoms with Crippen molar-refractivity contribution in [1.82, 2.24) is 9.80 Å². The van der Waals surface area contributed by atoms with Crippen LogP contribution in [0.4, 0.5) is 0 Å². The Hall–Kier alpha value is -3.58. The van der Waals surface area contributed by atoms with Crippen LogP contribution in [0.2, 0.25) is 0 Å². The van der Waals surface area contributed by atoms with Gasteiger partial charge < -0.3 is 47.7 Å². The first-order chi connectivity index (χ1) is 21.5. The fourth-order valence-corrected chi connectivity index (χ4v) is 6.24. The number of fused-ring (bicyclic) bond motifs is 7. The Labute approximate surface area is 258 Å². The molecule has 240 valence electrons. The van der Waals surface area contributed by atoms with Crippen LogP contribution in [-0.4, -0.2) is 116 Å². The van der Waals surface area contributed by atoms with Gasteiger partial charge in [-0.25, -0.2) is 0 Å². The van der Waals surface area contributed by atoms with Gasteiger partial charge in [0.25, 0.3) is 0 Å². The molecular formula is C32H42N2O10. The van der Waals surface area contributed by atoms with Gasteiger partial charge in [-0.1, -0.05) is 0 Å². The van der Waals surface area contributed by atoms with E-state index in [0.29, 0.717) is 75.4 Å². The van der Waals surface area contributed by atoms with Gasteiger partial charge in [0.1, 0.15) is 13.2 Å².